The van der Waals surface area contributed by atoms with E-state index in [1.54, 1.807) is 0 Å². The molecule has 1 heterocycles. The second-order valence-corrected chi connectivity index (χ2v) is 4.74. The van der Waals surface area contributed by atoms with E-state index in [0.717, 1.165) is 6.20 Å². The number of alkyl halides is 2. The molecule has 0 saturated heterocycles. The molecule has 1 amide bonds. The Bertz CT molecular complexity index is 554. The smallest absolute Gasteiger partial charge is 0.252 e. The number of aromatic nitrogens is 2. The van der Waals surface area contributed by atoms with Crippen LogP contribution in [0.4, 0.5) is 8.78 Å². The lowest BCUT2D eigenvalue weighted by atomic mass is 9.77. The molecule has 0 aromatic carbocycles. The van der Waals surface area contributed by atoms with Crippen LogP contribution in [0.3, 0.4) is 0 Å². The molecule has 0 unspecified atom stereocenters. The maximum absolute atomic E-state index is 12.9. The van der Waals surface area contributed by atoms with Crippen molar-refractivity contribution in [2.24, 2.45) is 11.5 Å². The van der Waals surface area contributed by atoms with E-state index in [2.05, 4.69) is 10.2 Å². The quantitative estimate of drug-likeness (QED) is 0.823. The molecule has 8 heteroatoms. The number of rotatable bonds is 3. The van der Waals surface area contributed by atoms with Crippen LogP contribution in [0.5, 0.6) is 0 Å². The van der Waals surface area contributed by atoms with E-state index in [0.29, 0.717) is 5.56 Å². The van der Waals surface area contributed by atoms with E-state index in [9.17, 15) is 13.6 Å². The zero-order valence-corrected chi connectivity index (χ0v) is 10.5. The van der Waals surface area contributed by atoms with Crippen LogP contribution in [-0.2, 0) is 4.79 Å². The molecule has 1 aliphatic carbocycles. The maximum atomic E-state index is 12.9. The highest BCUT2D eigenvalue weighted by atomic mass is 35.5. The van der Waals surface area contributed by atoms with Gasteiger partial charge in [0, 0.05) is 19.0 Å². The topological polar surface area (TPSA) is 94.9 Å². The van der Waals surface area contributed by atoms with Crippen molar-refractivity contribution in [3.05, 3.63) is 28.7 Å². The summed E-state index contributed by atoms with van der Waals surface area (Å²) in [5.74, 6) is -3.85. The van der Waals surface area contributed by atoms with E-state index in [1.807, 2.05) is 0 Å². The summed E-state index contributed by atoms with van der Waals surface area (Å²) in [5.41, 5.74) is 10.9. The highest BCUT2D eigenvalue weighted by Gasteiger charge is 2.46. The molecular formula is C11H11ClF2N4O. The second-order valence-electron chi connectivity index (χ2n) is 4.38. The molecule has 1 saturated carbocycles. The van der Waals surface area contributed by atoms with Crippen molar-refractivity contribution >= 4 is 23.1 Å². The van der Waals surface area contributed by atoms with Crippen LogP contribution in [0, 0.1) is 0 Å². The highest BCUT2D eigenvalue weighted by Crippen LogP contribution is 2.49. The Morgan fingerprint density at radius 2 is 2.11 bits per heavy atom. The summed E-state index contributed by atoms with van der Waals surface area (Å²) < 4.78 is 25.7. The maximum Gasteiger partial charge on any atom is 0.252 e. The fourth-order valence-electron chi connectivity index (χ4n) is 1.98. The van der Waals surface area contributed by atoms with Gasteiger partial charge >= 0.3 is 0 Å². The van der Waals surface area contributed by atoms with Gasteiger partial charge in [0.15, 0.2) is 5.15 Å². The molecule has 19 heavy (non-hydrogen) atoms. The molecule has 0 spiro atoms. The number of hydrogen-bond acceptors (Lipinski definition) is 4. The number of halogens is 3. The predicted molar refractivity (Wildman–Crippen MR) is 65.3 cm³/mol. The summed E-state index contributed by atoms with van der Waals surface area (Å²) in [4.78, 5) is 11.1. The van der Waals surface area contributed by atoms with Gasteiger partial charge < -0.3 is 11.5 Å². The predicted octanol–water partition coefficient (Wildman–Crippen LogP) is 1.43. The van der Waals surface area contributed by atoms with Gasteiger partial charge in [-0.05, 0) is 17.5 Å². The van der Waals surface area contributed by atoms with Crippen molar-refractivity contribution in [1.82, 2.24) is 10.2 Å². The van der Waals surface area contributed by atoms with E-state index in [-0.39, 0.29) is 29.3 Å². The van der Waals surface area contributed by atoms with Gasteiger partial charge in [-0.1, -0.05) is 11.6 Å². The SMILES string of the molecule is N/C=C(\C(N)=O)c1cc(C2CC(F)(F)C2)c(Cl)nn1. The Kier molecular flexibility index (Phi) is 3.40. The fourth-order valence-corrected chi connectivity index (χ4v) is 2.23. The molecule has 2 rings (SSSR count). The third kappa shape index (κ3) is 2.65. The monoisotopic (exact) mass is 288 g/mol. The molecule has 0 aliphatic heterocycles. The number of amides is 1. The van der Waals surface area contributed by atoms with Gasteiger partial charge in [-0.2, -0.15) is 0 Å². The summed E-state index contributed by atoms with van der Waals surface area (Å²) in [6, 6.07) is 1.43. The van der Waals surface area contributed by atoms with Crippen LogP contribution in [0.2, 0.25) is 5.15 Å². The molecule has 0 atom stereocenters. The van der Waals surface area contributed by atoms with E-state index in [4.69, 9.17) is 23.1 Å². The third-order valence-electron chi connectivity index (χ3n) is 3.01. The summed E-state index contributed by atoms with van der Waals surface area (Å²) >= 11 is 5.84. The largest absolute Gasteiger partial charge is 0.404 e. The zero-order chi connectivity index (χ0) is 14.2. The average molecular weight is 289 g/mol. The lowest BCUT2D eigenvalue weighted by molar-refractivity contribution is -0.112. The number of carbonyl (C=O) groups is 1. The van der Waals surface area contributed by atoms with E-state index in [1.165, 1.54) is 6.07 Å². The van der Waals surface area contributed by atoms with Crippen molar-refractivity contribution in [3.63, 3.8) is 0 Å². The van der Waals surface area contributed by atoms with Gasteiger partial charge in [0.2, 0.25) is 5.92 Å². The Labute approximate surface area is 112 Å². The molecule has 0 radical (unpaired) electrons. The van der Waals surface area contributed by atoms with Crippen LogP contribution < -0.4 is 11.5 Å². The minimum Gasteiger partial charge on any atom is -0.404 e. The second kappa shape index (κ2) is 4.73. The first-order valence-corrected chi connectivity index (χ1v) is 5.85. The molecular weight excluding hydrogens is 278 g/mol. The molecule has 4 N–H and O–H groups in total. The Balaban J connectivity index is 2.33. The van der Waals surface area contributed by atoms with Crippen LogP contribution in [0.25, 0.3) is 5.57 Å². The van der Waals surface area contributed by atoms with Crippen LogP contribution in [0.15, 0.2) is 12.3 Å². The molecule has 1 aromatic rings. The van der Waals surface area contributed by atoms with Gasteiger partial charge in [-0.25, -0.2) is 8.78 Å². The first-order valence-electron chi connectivity index (χ1n) is 5.47. The number of carbonyl (C=O) groups excluding carboxylic acids is 1. The van der Waals surface area contributed by atoms with E-state index >= 15 is 0 Å². The molecule has 1 fully saturated rings. The summed E-state index contributed by atoms with van der Waals surface area (Å²) in [7, 11) is 0. The zero-order valence-electron chi connectivity index (χ0n) is 9.74. The molecule has 0 bridgehead atoms. The molecule has 102 valence electrons. The van der Waals surface area contributed by atoms with Crippen molar-refractivity contribution in [1.29, 1.82) is 0 Å². The number of nitrogens with two attached hydrogens (primary N) is 2. The molecule has 1 aliphatic rings. The van der Waals surface area contributed by atoms with Gasteiger partial charge in [-0.15, -0.1) is 10.2 Å². The molecule has 1 aromatic heterocycles. The summed E-state index contributed by atoms with van der Waals surface area (Å²) in [5, 5.41) is 7.38. The Morgan fingerprint density at radius 1 is 1.47 bits per heavy atom. The first kappa shape index (κ1) is 13.7. The number of nitrogens with zero attached hydrogens (tertiary/aromatic N) is 2. The fraction of sp³-hybridized carbons (Fsp3) is 0.364. The lowest BCUT2D eigenvalue weighted by Gasteiger charge is -2.35. The van der Waals surface area contributed by atoms with Crippen molar-refractivity contribution in [2.75, 3.05) is 0 Å². The lowest BCUT2D eigenvalue weighted by Crippen LogP contribution is -2.34. The standard InChI is InChI=1S/C11H11ClF2N4O/c12-9-6(5-2-11(13,14)3-5)1-8(17-18-9)7(4-15)10(16)19/h1,4-5H,2-3,15H2,(H2,16,19)/b7-4-. The normalized spacial score (nSPS) is 19.0. The van der Waals surface area contributed by atoms with Crippen molar-refractivity contribution in [3.8, 4) is 0 Å². The Morgan fingerprint density at radius 3 is 2.58 bits per heavy atom. The molecule has 5 nitrogen and oxygen atoms in total. The van der Waals surface area contributed by atoms with Gasteiger partial charge in [0.1, 0.15) is 5.69 Å². The van der Waals surface area contributed by atoms with Gasteiger partial charge in [-0.3, -0.25) is 4.79 Å². The average Bonchev–Trinajstić information content (AvgIpc) is 2.28. The van der Waals surface area contributed by atoms with Gasteiger partial charge in [0.25, 0.3) is 5.91 Å². The number of primary amides is 1. The van der Waals surface area contributed by atoms with Crippen molar-refractivity contribution in [2.45, 2.75) is 24.7 Å². The first-order chi connectivity index (χ1) is 8.84. The minimum atomic E-state index is -2.67. The van der Waals surface area contributed by atoms with Crippen LogP contribution in [-0.4, -0.2) is 22.0 Å². The minimum absolute atomic E-state index is 0.0310. The Hall–Kier alpha value is -1.76. The third-order valence-corrected chi connectivity index (χ3v) is 3.31. The van der Waals surface area contributed by atoms with Crippen LogP contribution in [0.1, 0.15) is 30.0 Å². The van der Waals surface area contributed by atoms with Crippen molar-refractivity contribution < 1.29 is 13.6 Å². The van der Waals surface area contributed by atoms with Gasteiger partial charge in [0.05, 0.1) is 5.57 Å². The number of hydrogen-bond donors (Lipinski definition) is 2. The highest BCUT2D eigenvalue weighted by molar-refractivity contribution is 6.30. The van der Waals surface area contributed by atoms with Crippen LogP contribution >= 0.6 is 11.6 Å². The van der Waals surface area contributed by atoms with E-state index < -0.39 is 17.7 Å². The summed E-state index contributed by atoms with van der Waals surface area (Å²) in [6.07, 6.45) is 0.408. The summed E-state index contributed by atoms with van der Waals surface area (Å²) in [6.45, 7) is 0.